The average molecular weight is 258 g/mol. The van der Waals surface area contributed by atoms with E-state index in [9.17, 15) is 4.57 Å². The van der Waals surface area contributed by atoms with Gasteiger partial charge in [0.2, 0.25) is 7.37 Å². The molecule has 1 aromatic rings. The van der Waals surface area contributed by atoms with Crippen molar-refractivity contribution in [3.63, 3.8) is 0 Å². The zero-order valence-corrected chi connectivity index (χ0v) is 11.4. The second-order valence-electron chi connectivity index (χ2n) is 3.43. The highest BCUT2D eigenvalue weighted by Gasteiger charge is 2.26. The normalized spacial score (nSPS) is 14.3. The average Bonchev–Trinajstić information content (AvgIpc) is 2.37. The molecular formula is C12H19O4P. The largest absolute Gasteiger partial charge is 0.467 e. The fourth-order valence-electron chi connectivity index (χ4n) is 1.52. The molecule has 0 fully saturated rings. The summed E-state index contributed by atoms with van der Waals surface area (Å²) in [6.07, 6.45) is 0.453. The summed E-state index contributed by atoms with van der Waals surface area (Å²) in [5.74, 6) is 0.563. The molecule has 4 nitrogen and oxygen atoms in total. The van der Waals surface area contributed by atoms with E-state index < -0.39 is 7.37 Å². The van der Waals surface area contributed by atoms with Crippen LogP contribution in [0.1, 0.15) is 13.8 Å². The Bertz CT molecular complexity index is 392. The molecule has 96 valence electrons. The van der Waals surface area contributed by atoms with Gasteiger partial charge in [0, 0.05) is 13.3 Å². The van der Waals surface area contributed by atoms with Crippen molar-refractivity contribution < 1.29 is 18.6 Å². The van der Waals surface area contributed by atoms with Crippen LogP contribution in [0.4, 0.5) is 0 Å². The standard InChI is InChI=1S/C12H19O4P/c1-4-16-17(13,5-2)12-9-7-6-8-11(12)15-10-14-3/h6-9H,4-5,10H2,1-3H3. The number of hydrogen-bond acceptors (Lipinski definition) is 4. The number of rotatable bonds is 7. The molecule has 5 heteroatoms. The predicted molar refractivity (Wildman–Crippen MR) is 68.4 cm³/mol. The molecule has 0 aliphatic heterocycles. The molecule has 1 unspecified atom stereocenters. The Hall–Kier alpha value is -0.830. The van der Waals surface area contributed by atoms with Gasteiger partial charge >= 0.3 is 0 Å². The van der Waals surface area contributed by atoms with Crippen molar-refractivity contribution in [1.29, 1.82) is 0 Å². The summed E-state index contributed by atoms with van der Waals surface area (Å²) in [6.45, 7) is 4.24. The Morgan fingerprint density at radius 1 is 1.24 bits per heavy atom. The van der Waals surface area contributed by atoms with Crippen molar-refractivity contribution in [2.75, 3.05) is 26.7 Å². The lowest BCUT2D eigenvalue weighted by atomic mass is 10.3. The maximum Gasteiger partial charge on any atom is 0.235 e. The van der Waals surface area contributed by atoms with Crippen LogP contribution in [0.25, 0.3) is 0 Å². The third kappa shape index (κ3) is 3.56. The Morgan fingerprint density at radius 3 is 2.53 bits per heavy atom. The van der Waals surface area contributed by atoms with Crippen LogP contribution in [0, 0.1) is 0 Å². The van der Waals surface area contributed by atoms with Gasteiger partial charge in [0.15, 0.2) is 6.79 Å². The van der Waals surface area contributed by atoms with Crippen LogP contribution in [0.3, 0.4) is 0 Å². The number of methoxy groups -OCH3 is 1. The molecule has 0 spiro atoms. The van der Waals surface area contributed by atoms with E-state index >= 15 is 0 Å². The van der Waals surface area contributed by atoms with E-state index in [1.807, 2.05) is 26.0 Å². The highest BCUT2D eigenvalue weighted by atomic mass is 31.2. The van der Waals surface area contributed by atoms with Gasteiger partial charge in [-0.15, -0.1) is 0 Å². The summed E-state index contributed by atoms with van der Waals surface area (Å²) < 4.78 is 28.3. The van der Waals surface area contributed by atoms with Crippen LogP contribution >= 0.6 is 7.37 Å². The van der Waals surface area contributed by atoms with E-state index in [0.717, 1.165) is 0 Å². The zero-order valence-electron chi connectivity index (χ0n) is 10.5. The quantitative estimate of drug-likeness (QED) is 0.557. The van der Waals surface area contributed by atoms with E-state index in [2.05, 4.69) is 0 Å². The van der Waals surface area contributed by atoms with Gasteiger partial charge in [-0.05, 0) is 19.1 Å². The van der Waals surface area contributed by atoms with Gasteiger partial charge in [0.05, 0.1) is 11.9 Å². The van der Waals surface area contributed by atoms with Gasteiger partial charge in [-0.1, -0.05) is 19.1 Å². The molecule has 1 aromatic carbocycles. The zero-order chi connectivity index (χ0) is 12.7. The van der Waals surface area contributed by atoms with E-state index in [-0.39, 0.29) is 6.79 Å². The summed E-state index contributed by atoms with van der Waals surface area (Å²) in [7, 11) is -1.26. The number of para-hydroxylation sites is 1. The molecule has 0 radical (unpaired) electrons. The first-order chi connectivity index (χ1) is 8.18. The van der Waals surface area contributed by atoms with Crippen molar-refractivity contribution in [1.82, 2.24) is 0 Å². The second kappa shape index (κ2) is 6.80. The van der Waals surface area contributed by atoms with E-state index in [1.54, 1.807) is 19.2 Å². The first-order valence-electron chi connectivity index (χ1n) is 5.62. The number of ether oxygens (including phenoxy) is 2. The van der Waals surface area contributed by atoms with Crippen molar-refractivity contribution in [2.24, 2.45) is 0 Å². The highest BCUT2D eigenvalue weighted by Crippen LogP contribution is 2.47. The minimum Gasteiger partial charge on any atom is -0.467 e. The maximum absolute atomic E-state index is 12.6. The number of hydrogen-bond donors (Lipinski definition) is 0. The molecule has 1 atom stereocenters. The van der Waals surface area contributed by atoms with Crippen LogP contribution in [0.2, 0.25) is 0 Å². The summed E-state index contributed by atoms with van der Waals surface area (Å²) in [6, 6.07) is 7.22. The van der Waals surface area contributed by atoms with Crippen molar-refractivity contribution >= 4 is 12.7 Å². The van der Waals surface area contributed by atoms with Gasteiger partial charge in [-0.25, -0.2) is 0 Å². The van der Waals surface area contributed by atoms with Crippen molar-refractivity contribution in [3.05, 3.63) is 24.3 Å². The molecule has 0 aromatic heterocycles. The van der Waals surface area contributed by atoms with E-state index in [4.69, 9.17) is 14.0 Å². The van der Waals surface area contributed by atoms with E-state index in [0.29, 0.717) is 23.8 Å². The van der Waals surface area contributed by atoms with Gasteiger partial charge in [0.1, 0.15) is 5.75 Å². The molecule has 1 rings (SSSR count). The fraction of sp³-hybridized carbons (Fsp3) is 0.500. The highest BCUT2D eigenvalue weighted by molar-refractivity contribution is 7.67. The smallest absolute Gasteiger partial charge is 0.235 e. The second-order valence-corrected chi connectivity index (χ2v) is 6.15. The Balaban J connectivity index is 3.05. The summed E-state index contributed by atoms with van der Waals surface area (Å²) >= 11 is 0. The number of benzene rings is 1. The molecule has 0 saturated heterocycles. The van der Waals surface area contributed by atoms with Crippen LogP contribution in [-0.2, 0) is 13.8 Å². The van der Waals surface area contributed by atoms with Crippen LogP contribution < -0.4 is 10.0 Å². The molecule has 0 amide bonds. The SMILES string of the molecule is CCOP(=O)(CC)c1ccccc1OCOC. The Morgan fingerprint density at radius 2 is 1.94 bits per heavy atom. The third-order valence-electron chi connectivity index (χ3n) is 2.32. The minimum absolute atomic E-state index is 0.132. The molecule has 17 heavy (non-hydrogen) atoms. The van der Waals surface area contributed by atoms with Crippen LogP contribution in [0.15, 0.2) is 24.3 Å². The van der Waals surface area contributed by atoms with Crippen molar-refractivity contribution in [2.45, 2.75) is 13.8 Å². The summed E-state index contributed by atoms with van der Waals surface area (Å²) in [5, 5.41) is 0.626. The van der Waals surface area contributed by atoms with Crippen LogP contribution in [0.5, 0.6) is 5.75 Å². The van der Waals surface area contributed by atoms with Gasteiger partial charge in [0.25, 0.3) is 0 Å². The summed E-state index contributed by atoms with van der Waals surface area (Å²) in [5.41, 5.74) is 0. The lowest BCUT2D eigenvalue weighted by Gasteiger charge is -2.19. The lowest BCUT2D eigenvalue weighted by molar-refractivity contribution is 0.0518. The predicted octanol–water partition coefficient (Wildman–Crippen LogP) is 2.63. The molecular weight excluding hydrogens is 239 g/mol. The molecule has 0 heterocycles. The maximum atomic E-state index is 12.6. The fourth-order valence-corrected chi connectivity index (χ4v) is 3.39. The first-order valence-corrected chi connectivity index (χ1v) is 7.43. The van der Waals surface area contributed by atoms with E-state index in [1.165, 1.54) is 0 Å². The molecule has 0 N–H and O–H groups in total. The van der Waals surface area contributed by atoms with Crippen molar-refractivity contribution in [3.8, 4) is 5.75 Å². The van der Waals surface area contributed by atoms with Gasteiger partial charge in [-0.2, -0.15) is 0 Å². The molecule has 0 aliphatic carbocycles. The first kappa shape index (κ1) is 14.2. The van der Waals surface area contributed by atoms with Gasteiger partial charge < -0.3 is 14.0 Å². The van der Waals surface area contributed by atoms with Gasteiger partial charge in [-0.3, -0.25) is 4.57 Å². The third-order valence-corrected chi connectivity index (χ3v) is 4.93. The molecule has 0 aliphatic rings. The Labute approximate surface area is 102 Å². The topological polar surface area (TPSA) is 44.8 Å². The lowest BCUT2D eigenvalue weighted by Crippen LogP contribution is -2.14. The summed E-state index contributed by atoms with van der Waals surface area (Å²) in [4.78, 5) is 0. The molecule has 0 saturated carbocycles. The van der Waals surface area contributed by atoms with Crippen LogP contribution in [-0.4, -0.2) is 26.7 Å². The Kier molecular flexibility index (Phi) is 5.69. The monoisotopic (exact) mass is 258 g/mol. The molecule has 0 bridgehead atoms. The minimum atomic E-state index is -2.81.